The van der Waals surface area contributed by atoms with Crippen LogP contribution in [0.4, 0.5) is 0 Å². The highest BCUT2D eigenvalue weighted by atomic mass is 32.2. The van der Waals surface area contributed by atoms with Gasteiger partial charge in [-0.15, -0.1) is 0 Å². The van der Waals surface area contributed by atoms with Crippen LogP contribution in [0.15, 0.2) is 0 Å². The molecule has 4 rings (SSSR count). The fourth-order valence-electron chi connectivity index (χ4n) is 5.88. The van der Waals surface area contributed by atoms with Crippen LogP contribution in [0.2, 0.25) is 0 Å². The highest BCUT2D eigenvalue weighted by molar-refractivity contribution is 7.90. The summed E-state index contributed by atoms with van der Waals surface area (Å²) >= 11 is 0. The Bertz CT molecular complexity index is 457. The van der Waals surface area contributed by atoms with Crippen molar-refractivity contribution in [3.05, 3.63) is 0 Å². The van der Waals surface area contributed by atoms with E-state index in [2.05, 4.69) is 6.92 Å². The van der Waals surface area contributed by atoms with Crippen molar-refractivity contribution in [1.82, 2.24) is 0 Å². The molecule has 0 heterocycles. The molecule has 4 bridgehead atoms. The molecule has 0 saturated heterocycles. The minimum Gasteiger partial charge on any atom is -0.327 e. The van der Waals surface area contributed by atoms with E-state index >= 15 is 0 Å². The first-order valence-electron chi connectivity index (χ1n) is 7.63. The zero-order chi connectivity index (χ0) is 13.9. The van der Waals surface area contributed by atoms with Crippen molar-refractivity contribution in [1.29, 1.82) is 0 Å². The predicted octanol–water partition coefficient (Wildman–Crippen LogP) is 2.35. The summed E-state index contributed by atoms with van der Waals surface area (Å²) in [6, 6.07) is 0.0763. The van der Waals surface area contributed by atoms with Crippen molar-refractivity contribution in [3.63, 3.8) is 0 Å². The van der Waals surface area contributed by atoms with Crippen LogP contribution < -0.4 is 5.73 Å². The smallest absolute Gasteiger partial charge is 0.147 e. The SMILES string of the molecule is CC12CC3CC(C1)CC(C(N)CCS(C)(=O)=O)(C3)C2. The van der Waals surface area contributed by atoms with E-state index in [0.29, 0.717) is 11.8 Å². The van der Waals surface area contributed by atoms with E-state index in [-0.39, 0.29) is 17.2 Å². The molecule has 4 fully saturated rings. The topological polar surface area (TPSA) is 60.2 Å². The third-order valence-corrected chi connectivity index (χ3v) is 6.96. The van der Waals surface area contributed by atoms with Gasteiger partial charge in [0.2, 0.25) is 0 Å². The average molecular weight is 285 g/mol. The summed E-state index contributed by atoms with van der Waals surface area (Å²) in [6.07, 6.45) is 9.87. The third-order valence-electron chi connectivity index (χ3n) is 5.99. The lowest BCUT2D eigenvalue weighted by molar-refractivity contribution is -0.113. The molecule has 4 saturated carbocycles. The van der Waals surface area contributed by atoms with Crippen molar-refractivity contribution in [2.75, 3.05) is 12.0 Å². The van der Waals surface area contributed by atoms with E-state index in [1.54, 1.807) is 0 Å². The minimum absolute atomic E-state index is 0.0763. The lowest BCUT2D eigenvalue weighted by atomic mass is 9.43. The van der Waals surface area contributed by atoms with E-state index < -0.39 is 9.84 Å². The molecule has 0 aromatic carbocycles. The summed E-state index contributed by atoms with van der Waals surface area (Å²) in [7, 11) is -2.89. The molecular weight excluding hydrogens is 258 g/mol. The van der Waals surface area contributed by atoms with Crippen LogP contribution in [0.3, 0.4) is 0 Å². The summed E-state index contributed by atoms with van der Waals surface area (Å²) in [5, 5.41) is 0. The second-order valence-electron chi connectivity index (χ2n) is 8.16. The van der Waals surface area contributed by atoms with E-state index in [0.717, 1.165) is 11.8 Å². The Morgan fingerprint density at radius 3 is 2.26 bits per heavy atom. The van der Waals surface area contributed by atoms with Gasteiger partial charge in [-0.05, 0) is 67.6 Å². The number of hydrogen-bond acceptors (Lipinski definition) is 3. The maximum absolute atomic E-state index is 11.4. The zero-order valence-electron chi connectivity index (χ0n) is 12.2. The van der Waals surface area contributed by atoms with Crippen LogP contribution in [0, 0.1) is 22.7 Å². The van der Waals surface area contributed by atoms with Crippen molar-refractivity contribution in [3.8, 4) is 0 Å². The fourth-order valence-corrected chi connectivity index (χ4v) is 6.56. The maximum Gasteiger partial charge on any atom is 0.147 e. The largest absolute Gasteiger partial charge is 0.327 e. The molecule has 4 aliphatic rings. The second kappa shape index (κ2) is 4.20. The summed E-state index contributed by atoms with van der Waals surface area (Å²) in [4.78, 5) is 0. The zero-order valence-corrected chi connectivity index (χ0v) is 13.0. The van der Waals surface area contributed by atoms with Crippen LogP contribution in [-0.2, 0) is 9.84 Å². The highest BCUT2D eigenvalue weighted by Crippen LogP contribution is 2.66. The second-order valence-corrected chi connectivity index (χ2v) is 10.4. The van der Waals surface area contributed by atoms with Gasteiger partial charge in [0.25, 0.3) is 0 Å². The monoisotopic (exact) mass is 285 g/mol. The molecule has 2 N–H and O–H groups in total. The molecule has 3 nitrogen and oxygen atoms in total. The summed E-state index contributed by atoms with van der Waals surface area (Å²) < 4.78 is 22.7. The number of rotatable bonds is 4. The molecule has 0 aliphatic heterocycles. The first-order chi connectivity index (χ1) is 8.70. The third kappa shape index (κ3) is 2.58. The van der Waals surface area contributed by atoms with E-state index in [1.807, 2.05) is 0 Å². The van der Waals surface area contributed by atoms with Crippen molar-refractivity contribution >= 4 is 9.84 Å². The molecule has 0 aromatic heterocycles. The first kappa shape index (κ1) is 13.9. The van der Waals surface area contributed by atoms with Crippen molar-refractivity contribution in [2.45, 2.75) is 57.9 Å². The van der Waals surface area contributed by atoms with Crippen LogP contribution in [-0.4, -0.2) is 26.5 Å². The van der Waals surface area contributed by atoms with Gasteiger partial charge >= 0.3 is 0 Å². The quantitative estimate of drug-likeness (QED) is 0.862. The number of nitrogens with two attached hydrogens (primary N) is 1. The van der Waals surface area contributed by atoms with Gasteiger partial charge in [-0.1, -0.05) is 6.92 Å². The van der Waals surface area contributed by atoms with Gasteiger partial charge in [-0.3, -0.25) is 0 Å². The average Bonchev–Trinajstić information content (AvgIpc) is 2.21. The first-order valence-corrected chi connectivity index (χ1v) is 9.69. The predicted molar refractivity (Wildman–Crippen MR) is 77.5 cm³/mol. The Hall–Kier alpha value is -0.0900. The van der Waals surface area contributed by atoms with Gasteiger partial charge in [0.15, 0.2) is 0 Å². The summed E-state index contributed by atoms with van der Waals surface area (Å²) in [5.41, 5.74) is 7.22. The van der Waals surface area contributed by atoms with E-state index in [1.165, 1.54) is 44.8 Å². The van der Waals surface area contributed by atoms with Crippen molar-refractivity contribution < 1.29 is 8.42 Å². The summed E-state index contributed by atoms with van der Waals surface area (Å²) in [6.45, 7) is 2.43. The van der Waals surface area contributed by atoms with Crippen LogP contribution >= 0.6 is 0 Å². The molecule has 3 unspecified atom stereocenters. The van der Waals surface area contributed by atoms with E-state index in [4.69, 9.17) is 5.73 Å². The lowest BCUT2D eigenvalue weighted by Crippen LogP contribution is -2.57. The number of hydrogen-bond donors (Lipinski definition) is 1. The van der Waals surface area contributed by atoms with Gasteiger partial charge in [0.05, 0.1) is 5.75 Å². The van der Waals surface area contributed by atoms with Gasteiger partial charge in [0.1, 0.15) is 9.84 Å². The Kier molecular flexibility index (Phi) is 3.07. The Morgan fingerprint density at radius 1 is 1.21 bits per heavy atom. The molecule has 4 aliphatic carbocycles. The maximum atomic E-state index is 11.4. The normalized spacial score (nSPS) is 46.5. The fraction of sp³-hybridized carbons (Fsp3) is 1.00. The molecule has 4 heteroatoms. The minimum atomic E-state index is -2.89. The van der Waals surface area contributed by atoms with Crippen LogP contribution in [0.5, 0.6) is 0 Å². The molecule has 0 spiro atoms. The highest BCUT2D eigenvalue weighted by Gasteiger charge is 2.57. The van der Waals surface area contributed by atoms with Gasteiger partial charge < -0.3 is 5.73 Å². The van der Waals surface area contributed by atoms with E-state index in [9.17, 15) is 8.42 Å². The van der Waals surface area contributed by atoms with Gasteiger partial charge in [-0.25, -0.2) is 8.42 Å². The Balaban J connectivity index is 1.76. The molecule has 19 heavy (non-hydrogen) atoms. The van der Waals surface area contributed by atoms with Gasteiger partial charge in [-0.2, -0.15) is 0 Å². The Labute approximate surface area is 117 Å². The Morgan fingerprint density at radius 2 is 1.79 bits per heavy atom. The number of sulfone groups is 1. The molecule has 0 aromatic rings. The molecule has 0 amide bonds. The van der Waals surface area contributed by atoms with Crippen LogP contribution in [0.25, 0.3) is 0 Å². The molecule has 3 atom stereocenters. The molecule has 0 radical (unpaired) electrons. The standard InChI is InChI=1S/C15H27NO2S/c1-14-6-11-5-12(7-14)9-15(8-11,10-14)13(16)3-4-19(2,17)18/h11-13H,3-10,16H2,1-2H3. The van der Waals surface area contributed by atoms with Crippen molar-refractivity contribution in [2.24, 2.45) is 28.4 Å². The van der Waals surface area contributed by atoms with Crippen LogP contribution in [0.1, 0.15) is 51.9 Å². The lowest BCUT2D eigenvalue weighted by Gasteiger charge is -2.63. The molecule has 110 valence electrons. The molecular formula is C15H27NO2S. The van der Waals surface area contributed by atoms with Gasteiger partial charge in [0, 0.05) is 12.3 Å². The summed E-state index contributed by atoms with van der Waals surface area (Å²) in [5.74, 6) is 1.97.